The summed E-state index contributed by atoms with van der Waals surface area (Å²) in [7, 11) is 1.32. The van der Waals surface area contributed by atoms with E-state index < -0.39 is 5.83 Å². The van der Waals surface area contributed by atoms with Crippen molar-refractivity contribution in [1.82, 2.24) is 0 Å². The van der Waals surface area contributed by atoms with Crippen molar-refractivity contribution in [3.8, 4) is 0 Å². The van der Waals surface area contributed by atoms with E-state index in [2.05, 4.69) is 17.9 Å². The lowest BCUT2D eigenvalue weighted by atomic mass is 10.3. The lowest BCUT2D eigenvalue weighted by molar-refractivity contribution is 0.285. The fourth-order valence-electron chi connectivity index (χ4n) is 0.399. The Morgan fingerprint density at radius 2 is 1.91 bits per heavy atom. The third-order valence-corrected chi connectivity index (χ3v) is 1.55. The van der Waals surface area contributed by atoms with Crippen LogP contribution >= 0.6 is 11.6 Å². The molecule has 0 unspecified atom stereocenters. The highest BCUT2D eigenvalue weighted by molar-refractivity contribution is 6.32. The molecule has 3 heteroatoms. The molecule has 0 saturated carbocycles. The molecule has 0 aliphatic heterocycles. The maximum atomic E-state index is 12.9. The van der Waals surface area contributed by atoms with Crippen LogP contribution in [0.4, 0.5) is 4.39 Å². The Bertz CT molecular complexity index is 218. The van der Waals surface area contributed by atoms with Gasteiger partial charge in [-0.05, 0) is 12.5 Å². The van der Waals surface area contributed by atoms with E-state index in [0.29, 0.717) is 5.57 Å². The Hall–Kier alpha value is -0.760. The second kappa shape index (κ2) is 4.19. The van der Waals surface area contributed by atoms with E-state index in [9.17, 15) is 4.39 Å². The van der Waals surface area contributed by atoms with Gasteiger partial charge in [0, 0.05) is 0 Å². The molecule has 62 valence electrons. The maximum absolute atomic E-state index is 12.9. The second-order valence-corrected chi connectivity index (χ2v) is 2.41. The molecule has 0 atom stereocenters. The van der Waals surface area contributed by atoms with Crippen LogP contribution in [0.1, 0.15) is 6.92 Å². The molecule has 1 nitrogen and oxygen atoms in total. The van der Waals surface area contributed by atoms with Gasteiger partial charge in [0.1, 0.15) is 5.76 Å². The number of hydrogen-bond donors (Lipinski definition) is 0. The SMILES string of the molecule is C=C(OC)/C(F)=C(/Cl)C(=C)C. The summed E-state index contributed by atoms with van der Waals surface area (Å²) in [5.74, 6) is -0.750. The Balaban J connectivity index is 4.66. The van der Waals surface area contributed by atoms with Crippen molar-refractivity contribution in [2.75, 3.05) is 7.11 Å². The Labute approximate surface area is 70.8 Å². The molecular formula is C8H10ClFO. The number of rotatable bonds is 3. The average molecular weight is 177 g/mol. The molecule has 0 bridgehead atoms. The van der Waals surface area contributed by atoms with Gasteiger partial charge in [-0.15, -0.1) is 0 Å². The van der Waals surface area contributed by atoms with Crippen molar-refractivity contribution in [1.29, 1.82) is 0 Å². The van der Waals surface area contributed by atoms with Gasteiger partial charge in [-0.25, -0.2) is 4.39 Å². The highest BCUT2D eigenvalue weighted by Gasteiger charge is 2.08. The molecule has 0 heterocycles. The fourth-order valence-corrected chi connectivity index (χ4v) is 0.505. The van der Waals surface area contributed by atoms with Crippen molar-refractivity contribution in [3.63, 3.8) is 0 Å². The van der Waals surface area contributed by atoms with E-state index in [4.69, 9.17) is 11.6 Å². The first-order chi connectivity index (χ1) is 5.00. The summed E-state index contributed by atoms with van der Waals surface area (Å²) >= 11 is 5.50. The van der Waals surface area contributed by atoms with Crippen LogP contribution in [0.25, 0.3) is 0 Å². The minimum Gasteiger partial charge on any atom is -0.494 e. The molecule has 0 N–H and O–H groups in total. The lowest BCUT2D eigenvalue weighted by Gasteiger charge is -2.03. The first kappa shape index (κ1) is 10.2. The van der Waals surface area contributed by atoms with Gasteiger partial charge in [0.15, 0.2) is 5.83 Å². The Morgan fingerprint density at radius 1 is 1.45 bits per heavy atom. The molecule has 0 aromatic carbocycles. The number of halogens is 2. The Kier molecular flexibility index (Phi) is 3.90. The summed E-state index contributed by atoms with van der Waals surface area (Å²) in [6, 6.07) is 0. The van der Waals surface area contributed by atoms with Crippen LogP contribution in [0.5, 0.6) is 0 Å². The normalized spacial score (nSPS) is 12.0. The molecule has 0 aliphatic carbocycles. The first-order valence-electron chi connectivity index (χ1n) is 2.95. The minimum atomic E-state index is -0.665. The standard InChI is InChI=1S/C8H10ClFO/c1-5(2)7(9)8(10)6(3)11-4/h1,3H2,2,4H3/b8-7-. The van der Waals surface area contributed by atoms with Crippen LogP contribution in [0, 0.1) is 0 Å². The van der Waals surface area contributed by atoms with Gasteiger partial charge >= 0.3 is 0 Å². The van der Waals surface area contributed by atoms with Gasteiger partial charge in [-0.3, -0.25) is 0 Å². The van der Waals surface area contributed by atoms with Crippen LogP contribution in [0.3, 0.4) is 0 Å². The summed E-state index contributed by atoms with van der Waals surface area (Å²) in [6.07, 6.45) is 0. The average Bonchev–Trinajstić information content (AvgIpc) is 2.00. The molecule has 11 heavy (non-hydrogen) atoms. The summed E-state index contributed by atoms with van der Waals surface area (Å²) in [5.41, 5.74) is 0.447. The topological polar surface area (TPSA) is 9.23 Å². The molecule has 0 radical (unpaired) electrons. The van der Waals surface area contributed by atoms with Crippen LogP contribution in [-0.2, 0) is 4.74 Å². The number of methoxy groups -OCH3 is 1. The molecule has 0 aromatic rings. The Morgan fingerprint density at radius 3 is 2.18 bits per heavy atom. The van der Waals surface area contributed by atoms with Gasteiger partial charge in [0.25, 0.3) is 0 Å². The number of ether oxygens (including phenoxy) is 1. The maximum Gasteiger partial charge on any atom is 0.183 e. The molecule has 0 rings (SSSR count). The van der Waals surface area contributed by atoms with Gasteiger partial charge in [0.2, 0.25) is 0 Å². The second-order valence-electron chi connectivity index (χ2n) is 2.04. The fraction of sp³-hybridized carbons (Fsp3) is 0.250. The summed E-state index contributed by atoms with van der Waals surface area (Å²) in [6.45, 7) is 8.36. The summed E-state index contributed by atoms with van der Waals surface area (Å²) in [5, 5.41) is -0.0446. The number of hydrogen-bond acceptors (Lipinski definition) is 1. The molecular weight excluding hydrogens is 167 g/mol. The van der Waals surface area contributed by atoms with Crippen molar-refractivity contribution in [2.45, 2.75) is 6.92 Å². The van der Waals surface area contributed by atoms with Gasteiger partial charge in [-0.1, -0.05) is 24.8 Å². The highest BCUT2D eigenvalue weighted by Crippen LogP contribution is 2.23. The molecule has 0 aromatic heterocycles. The van der Waals surface area contributed by atoms with E-state index >= 15 is 0 Å². The van der Waals surface area contributed by atoms with E-state index in [0.717, 1.165) is 0 Å². The van der Waals surface area contributed by atoms with Gasteiger partial charge in [0.05, 0.1) is 12.1 Å². The van der Waals surface area contributed by atoms with Crippen molar-refractivity contribution in [3.05, 3.63) is 35.3 Å². The van der Waals surface area contributed by atoms with Crippen molar-refractivity contribution < 1.29 is 9.13 Å². The van der Waals surface area contributed by atoms with E-state index in [1.54, 1.807) is 6.92 Å². The van der Waals surface area contributed by atoms with E-state index in [1.165, 1.54) is 7.11 Å². The zero-order valence-electron chi connectivity index (χ0n) is 6.58. The zero-order valence-corrected chi connectivity index (χ0v) is 7.33. The zero-order chi connectivity index (χ0) is 9.02. The highest BCUT2D eigenvalue weighted by atomic mass is 35.5. The molecule has 0 saturated heterocycles. The first-order valence-corrected chi connectivity index (χ1v) is 3.33. The predicted molar refractivity (Wildman–Crippen MR) is 45.0 cm³/mol. The minimum absolute atomic E-state index is 0.0446. The van der Waals surface area contributed by atoms with Crippen LogP contribution in [0.2, 0.25) is 0 Å². The third-order valence-electron chi connectivity index (χ3n) is 1.06. The van der Waals surface area contributed by atoms with Crippen LogP contribution < -0.4 is 0 Å². The molecule has 0 amide bonds. The van der Waals surface area contributed by atoms with Crippen LogP contribution in [0.15, 0.2) is 35.3 Å². The summed E-state index contributed by atoms with van der Waals surface area (Å²) in [4.78, 5) is 0. The largest absolute Gasteiger partial charge is 0.494 e. The van der Waals surface area contributed by atoms with Crippen molar-refractivity contribution >= 4 is 11.6 Å². The monoisotopic (exact) mass is 176 g/mol. The quantitative estimate of drug-likeness (QED) is 0.474. The summed E-state index contributed by atoms with van der Waals surface area (Å²) < 4.78 is 17.4. The number of allylic oxidation sites excluding steroid dienone is 3. The lowest BCUT2D eigenvalue weighted by Crippen LogP contribution is -1.88. The van der Waals surface area contributed by atoms with Crippen LogP contribution in [-0.4, -0.2) is 7.11 Å². The van der Waals surface area contributed by atoms with E-state index in [-0.39, 0.29) is 10.8 Å². The molecule has 0 aliphatic rings. The van der Waals surface area contributed by atoms with E-state index in [1.807, 2.05) is 0 Å². The van der Waals surface area contributed by atoms with Gasteiger partial charge < -0.3 is 4.74 Å². The van der Waals surface area contributed by atoms with Crippen molar-refractivity contribution in [2.24, 2.45) is 0 Å². The van der Waals surface area contributed by atoms with Gasteiger partial charge in [-0.2, -0.15) is 0 Å². The molecule has 0 spiro atoms. The molecule has 0 fully saturated rings. The third kappa shape index (κ3) is 2.76. The predicted octanol–water partition coefficient (Wildman–Crippen LogP) is 3.14. The smallest absolute Gasteiger partial charge is 0.183 e.